The molecule has 0 saturated heterocycles. The molecule has 0 spiro atoms. The first kappa shape index (κ1) is 15.4. The molecule has 0 aliphatic carbocycles. The molecule has 3 rings (SSSR count). The van der Waals surface area contributed by atoms with E-state index in [1.807, 2.05) is 0 Å². The fraction of sp³-hybridized carbons (Fsp3) is 0.0588. The number of hydrogen-bond donors (Lipinski definition) is 0. The van der Waals surface area contributed by atoms with Crippen LogP contribution in [0, 0.1) is 5.82 Å². The van der Waals surface area contributed by atoms with Crippen molar-refractivity contribution in [3.8, 4) is 5.75 Å². The number of rotatable bonds is 3. The van der Waals surface area contributed by atoms with Crippen LogP contribution >= 0.6 is 15.9 Å². The van der Waals surface area contributed by atoms with Crippen molar-refractivity contribution in [3.05, 3.63) is 69.6 Å². The molecule has 0 bridgehead atoms. The number of carbonyl (C=O) groups excluding carboxylic acids is 1. The monoisotopic (exact) mass is 375 g/mol. The smallest absolute Gasteiger partial charge is 0.363 e. The molecule has 0 unspecified atom stereocenters. The summed E-state index contributed by atoms with van der Waals surface area (Å²) in [5, 5.41) is 0. The zero-order valence-corrected chi connectivity index (χ0v) is 13.6. The van der Waals surface area contributed by atoms with Gasteiger partial charge in [-0.05, 0) is 64.0 Å². The fourth-order valence-electron chi connectivity index (χ4n) is 2.03. The van der Waals surface area contributed by atoms with E-state index in [0.29, 0.717) is 21.3 Å². The number of hydrogen-bond acceptors (Lipinski definition) is 4. The Morgan fingerprint density at radius 1 is 1.22 bits per heavy atom. The molecule has 0 fully saturated rings. The van der Waals surface area contributed by atoms with Crippen LogP contribution in [0.5, 0.6) is 5.75 Å². The average molecular weight is 376 g/mol. The van der Waals surface area contributed by atoms with Gasteiger partial charge in [0.1, 0.15) is 11.6 Å². The van der Waals surface area contributed by atoms with Gasteiger partial charge in [-0.1, -0.05) is 6.07 Å². The third-order valence-electron chi connectivity index (χ3n) is 3.20. The van der Waals surface area contributed by atoms with Gasteiger partial charge >= 0.3 is 5.97 Å². The predicted octanol–water partition coefficient (Wildman–Crippen LogP) is 3.94. The second kappa shape index (κ2) is 6.34. The molecule has 6 heteroatoms. The van der Waals surface area contributed by atoms with Crippen LogP contribution in [-0.4, -0.2) is 19.0 Å². The van der Waals surface area contributed by atoms with Gasteiger partial charge in [0.15, 0.2) is 5.70 Å². The standard InChI is InChI=1S/C17H11BrFNO3/c1-22-12-5-3-11(4-6-12)16-20-15(17(21)23-16)9-10-2-7-14(19)13(18)8-10/h2-9H,1H3/b15-9-. The Bertz CT molecular complexity index is 828. The zero-order valence-electron chi connectivity index (χ0n) is 12.0. The van der Waals surface area contributed by atoms with Gasteiger partial charge in [-0.3, -0.25) is 0 Å². The molecule has 2 aromatic carbocycles. The van der Waals surface area contributed by atoms with E-state index in [1.54, 1.807) is 49.6 Å². The van der Waals surface area contributed by atoms with E-state index in [1.165, 1.54) is 6.07 Å². The van der Waals surface area contributed by atoms with Crippen LogP contribution in [0.3, 0.4) is 0 Å². The molecule has 1 aliphatic rings. The molecule has 0 atom stereocenters. The Labute approximate surface area is 140 Å². The zero-order chi connectivity index (χ0) is 16.4. The summed E-state index contributed by atoms with van der Waals surface area (Å²) >= 11 is 3.10. The van der Waals surface area contributed by atoms with Crippen LogP contribution in [0.4, 0.5) is 4.39 Å². The molecule has 23 heavy (non-hydrogen) atoms. The van der Waals surface area contributed by atoms with Gasteiger partial charge in [-0.2, -0.15) is 0 Å². The van der Waals surface area contributed by atoms with Gasteiger partial charge in [0.05, 0.1) is 11.6 Å². The van der Waals surface area contributed by atoms with Crippen molar-refractivity contribution in [2.45, 2.75) is 0 Å². The Balaban J connectivity index is 1.90. The number of nitrogens with zero attached hydrogens (tertiary/aromatic N) is 1. The lowest BCUT2D eigenvalue weighted by Crippen LogP contribution is -2.05. The highest BCUT2D eigenvalue weighted by Gasteiger charge is 2.24. The number of cyclic esters (lactones) is 1. The molecule has 1 aliphatic heterocycles. The minimum absolute atomic E-state index is 0.161. The molecule has 0 N–H and O–H groups in total. The highest BCUT2D eigenvalue weighted by atomic mass is 79.9. The molecule has 0 amide bonds. The molecule has 4 nitrogen and oxygen atoms in total. The van der Waals surface area contributed by atoms with E-state index in [-0.39, 0.29) is 17.4 Å². The Morgan fingerprint density at radius 3 is 2.61 bits per heavy atom. The number of aliphatic imine (C=N–C) groups is 1. The van der Waals surface area contributed by atoms with E-state index in [4.69, 9.17) is 9.47 Å². The summed E-state index contributed by atoms with van der Waals surface area (Å²) < 4.78 is 23.8. The summed E-state index contributed by atoms with van der Waals surface area (Å²) in [6.45, 7) is 0. The highest BCUT2D eigenvalue weighted by molar-refractivity contribution is 9.10. The maximum atomic E-state index is 13.2. The fourth-order valence-corrected chi connectivity index (χ4v) is 2.42. The maximum Gasteiger partial charge on any atom is 0.363 e. The van der Waals surface area contributed by atoms with Crippen LogP contribution in [0.1, 0.15) is 11.1 Å². The Hall–Kier alpha value is -2.47. The number of carbonyl (C=O) groups is 1. The largest absolute Gasteiger partial charge is 0.497 e. The first-order valence-corrected chi connectivity index (χ1v) is 7.48. The van der Waals surface area contributed by atoms with Crippen molar-refractivity contribution in [3.63, 3.8) is 0 Å². The van der Waals surface area contributed by atoms with Crippen molar-refractivity contribution < 1.29 is 18.7 Å². The van der Waals surface area contributed by atoms with Crippen LogP contribution in [0.2, 0.25) is 0 Å². The Morgan fingerprint density at radius 2 is 1.96 bits per heavy atom. The lowest BCUT2D eigenvalue weighted by molar-refractivity contribution is -0.129. The van der Waals surface area contributed by atoms with Crippen molar-refractivity contribution >= 4 is 33.9 Å². The molecular formula is C17H11BrFNO3. The van der Waals surface area contributed by atoms with E-state index in [9.17, 15) is 9.18 Å². The number of ether oxygens (including phenoxy) is 2. The molecule has 1 heterocycles. The van der Waals surface area contributed by atoms with Crippen molar-refractivity contribution in [1.82, 2.24) is 0 Å². The molecule has 0 saturated carbocycles. The third kappa shape index (κ3) is 3.32. The average Bonchev–Trinajstić information content (AvgIpc) is 2.92. The van der Waals surface area contributed by atoms with Crippen molar-refractivity contribution in [1.29, 1.82) is 0 Å². The summed E-state index contributed by atoms with van der Waals surface area (Å²) in [5.41, 5.74) is 1.47. The van der Waals surface area contributed by atoms with E-state index in [2.05, 4.69) is 20.9 Å². The number of methoxy groups -OCH3 is 1. The van der Waals surface area contributed by atoms with Gasteiger partial charge in [0.25, 0.3) is 0 Å². The molecule has 116 valence electrons. The number of halogens is 2. The van der Waals surface area contributed by atoms with E-state index < -0.39 is 5.97 Å². The normalized spacial score (nSPS) is 15.5. The highest BCUT2D eigenvalue weighted by Crippen LogP contribution is 2.23. The minimum atomic E-state index is -0.545. The SMILES string of the molecule is COc1ccc(C2=N/C(=C\c3ccc(F)c(Br)c3)C(=O)O2)cc1. The molecule has 0 aromatic heterocycles. The van der Waals surface area contributed by atoms with E-state index in [0.717, 1.165) is 0 Å². The summed E-state index contributed by atoms with van der Waals surface area (Å²) in [7, 11) is 1.57. The second-order valence-electron chi connectivity index (χ2n) is 4.74. The van der Waals surface area contributed by atoms with Crippen LogP contribution < -0.4 is 4.74 Å². The van der Waals surface area contributed by atoms with Crippen LogP contribution in [-0.2, 0) is 9.53 Å². The summed E-state index contributed by atoms with van der Waals surface area (Å²) in [6, 6.07) is 11.4. The summed E-state index contributed by atoms with van der Waals surface area (Å²) in [5.74, 6) is 0.00974. The molecule has 2 aromatic rings. The van der Waals surface area contributed by atoms with E-state index >= 15 is 0 Å². The number of benzene rings is 2. The minimum Gasteiger partial charge on any atom is -0.497 e. The van der Waals surface area contributed by atoms with Gasteiger partial charge in [-0.15, -0.1) is 0 Å². The first-order valence-electron chi connectivity index (χ1n) is 6.69. The predicted molar refractivity (Wildman–Crippen MR) is 87.7 cm³/mol. The first-order chi connectivity index (χ1) is 11.1. The lowest BCUT2D eigenvalue weighted by atomic mass is 10.2. The van der Waals surface area contributed by atoms with Gasteiger partial charge in [-0.25, -0.2) is 14.2 Å². The van der Waals surface area contributed by atoms with Gasteiger partial charge in [0, 0.05) is 5.56 Å². The van der Waals surface area contributed by atoms with Crippen LogP contribution in [0.15, 0.2) is 57.6 Å². The van der Waals surface area contributed by atoms with Gasteiger partial charge < -0.3 is 9.47 Å². The summed E-state index contributed by atoms with van der Waals surface area (Å²) in [6.07, 6.45) is 1.54. The Kier molecular flexibility index (Phi) is 4.25. The lowest BCUT2D eigenvalue weighted by Gasteiger charge is -2.01. The maximum absolute atomic E-state index is 13.2. The molecular weight excluding hydrogens is 365 g/mol. The quantitative estimate of drug-likeness (QED) is 0.602. The third-order valence-corrected chi connectivity index (χ3v) is 3.81. The summed E-state index contributed by atoms with van der Waals surface area (Å²) in [4.78, 5) is 16.1. The topological polar surface area (TPSA) is 47.9 Å². The second-order valence-corrected chi connectivity index (χ2v) is 5.59. The van der Waals surface area contributed by atoms with Crippen molar-refractivity contribution in [2.75, 3.05) is 7.11 Å². The van der Waals surface area contributed by atoms with Crippen molar-refractivity contribution in [2.24, 2.45) is 4.99 Å². The number of esters is 1. The van der Waals surface area contributed by atoms with Gasteiger partial charge in [0.2, 0.25) is 5.90 Å². The molecule has 0 radical (unpaired) electrons. The van der Waals surface area contributed by atoms with Crippen LogP contribution in [0.25, 0.3) is 6.08 Å².